The van der Waals surface area contributed by atoms with Gasteiger partial charge < -0.3 is 10.1 Å². The third kappa shape index (κ3) is 4.70. The highest BCUT2D eigenvalue weighted by molar-refractivity contribution is 6.04. The van der Waals surface area contributed by atoms with Gasteiger partial charge in [0.15, 0.2) is 0 Å². The van der Waals surface area contributed by atoms with E-state index in [1.807, 2.05) is 48.1 Å². The number of rotatable bonds is 7. The Bertz CT molecular complexity index is 828. The fourth-order valence-electron chi connectivity index (χ4n) is 2.54. The van der Waals surface area contributed by atoms with Gasteiger partial charge in [0.2, 0.25) is 0 Å². The van der Waals surface area contributed by atoms with Gasteiger partial charge >= 0.3 is 0 Å². The van der Waals surface area contributed by atoms with Crippen molar-refractivity contribution < 1.29 is 9.53 Å². The molecule has 0 aliphatic carbocycles. The van der Waals surface area contributed by atoms with Gasteiger partial charge in [0.1, 0.15) is 5.75 Å². The minimum Gasteiger partial charge on any atom is -0.494 e. The summed E-state index contributed by atoms with van der Waals surface area (Å²) in [7, 11) is 0. The van der Waals surface area contributed by atoms with E-state index in [0.717, 1.165) is 13.0 Å². The maximum atomic E-state index is 12.4. The van der Waals surface area contributed by atoms with Crippen LogP contribution in [0.2, 0.25) is 0 Å². The molecule has 2 aromatic carbocycles. The van der Waals surface area contributed by atoms with Crippen LogP contribution in [0.1, 0.15) is 22.8 Å². The lowest BCUT2D eigenvalue weighted by Crippen LogP contribution is -2.11. The summed E-state index contributed by atoms with van der Waals surface area (Å²) in [4.78, 5) is 12.4. The van der Waals surface area contributed by atoms with Crippen molar-refractivity contribution in [1.29, 1.82) is 0 Å². The second kappa shape index (κ2) is 8.15. The number of hydrogen-bond donors (Lipinski definition) is 1. The minimum atomic E-state index is -0.177. The van der Waals surface area contributed by atoms with E-state index in [2.05, 4.69) is 22.5 Å². The number of aromatic nitrogens is 2. The molecule has 0 aliphatic rings. The molecule has 0 saturated carbocycles. The van der Waals surface area contributed by atoms with E-state index in [9.17, 15) is 4.79 Å². The Hall–Kier alpha value is -3.08. The largest absolute Gasteiger partial charge is 0.494 e. The molecule has 1 heterocycles. The molecule has 0 radical (unpaired) electrons. The lowest BCUT2D eigenvalue weighted by molar-refractivity contribution is 0.102. The summed E-state index contributed by atoms with van der Waals surface area (Å²) >= 11 is 0. The summed E-state index contributed by atoms with van der Waals surface area (Å²) in [5.74, 6) is 0.512. The van der Waals surface area contributed by atoms with Gasteiger partial charge in [-0.15, -0.1) is 0 Å². The second-order valence-electron chi connectivity index (χ2n) is 5.64. The van der Waals surface area contributed by atoms with E-state index in [0.29, 0.717) is 23.6 Å². The van der Waals surface area contributed by atoms with E-state index >= 15 is 0 Å². The fourth-order valence-corrected chi connectivity index (χ4v) is 2.54. The average Bonchev–Trinajstić information content (AvgIpc) is 3.09. The summed E-state index contributed by atoms with van der Waals surface area (Å²) in [5.41, 5.74) is 2.50. The first-order valence-electron chi connectivity index (χ1n) is 8.35. The van der Waals surface area contributed by atoms with Gasteiger partial charge in [-0.3, -0.25) is 9.48 Å². The van der Waals surface area contributed by atoms with Gasteiger partial charge in [0.05, 0.1) is 18.5 Å². The first-order chi connectivity index (χ1) is 12.2. The molecule has 0 fully saturated rings. The van der Waals surface area contributed by atoms with Gasteiger partial charge in [-0.25, -0.2) is 0 Å². The summed E-state index contributed by atoms with van der Waals surface area (Å²) in [6.45, 7) is 3.25. The van der Waals surface area contributed by atoms with Crippen molar-refractivity contribution in [2.75, 3.05) is 11.9 Å². The molecule has 1 aromatic heterocycles. The Labute approximate surface area is 147 Å². The molecular formula is C20H21N3O2. The number of nitrogens with one attached hydrogen (secondary N) is 1. The lowest BCUT2D eigenvalue weighted by Gasteiger charge is -2.06. The van der Waals surface area contributed by atoms with Crippen LogP contribution in [0.4, 0.5) is 5.69 Å². The SMILES string of the molecule is CCOc1cccc(C(=O)Nc2cnn(CCc3ccccc3)c2)c1. The molecule has 0 bridgehead atoms. The molecule has 128 valence electrons. The number of benzene rings is 2. The quantitative estimate of drug-likeness (QED) is 0.715. The Kier molecular flexibility index (Phi) is 5.46. The van der Waals surface area contributed by atoms with Crippen LogP contribution in [0, 0.1) is 0 Å². The molecule has 1 N–H and O–H groups in total. The van der Waals surface area contributed by atoms with Crippen molar-refractivity contribution in [3.8, 4) is 5.75 Å². The molecule has 5 heteroatoms. The number of carbonyl (C=O) groups excluding carboxylic acids is 1. The van der Waals surface area contributed by atoms with Gasteiger partial charge in [-0.1, -0.05) is 36.4 Å². The van der Waals surface area contributed by atoms with Gasteiger partial charge in [-0.2, -0.15) is 5.10 Å². The molecule has 0 spiro atoms. The topological polar surface area (TPSA) is 56.1 Å². The zero-order valence-electron chi connectivity index (χ0n) is 14.2. The Morgan fingerprint density at radius 3 is 2.80 bits per heavy atom. The second-order valence-corrected chi connectivity index (χ2v) is 5.64. The van der Waals surface area contributed by atoms with Gasteiger partial charge in [0, 0.05) is 18.3 Å². The number of anilines is 1. The monoisotopic (exact) mass is 335 g/mol. The molecule has 0 aliphatic heterocycles. The molecule has 0 saturated heterocycles. The van der Waals surface area contributed by atoms with Crippen LogP contribution in [-0.2, 0) is 13.0 Å². The van der Waals surface area contributed by atoms with Crippen molar-refractivity contribution >= 4 is 11.6 Å². The highest BCUT2D eigenvalue weighted by Crippen LogP contribution is 2.15. The first-order valence-corrected chi connectivity index (χ1v) is 8.35. The Morgan fingerprint density at radius 2 is 2.00 bits per heavy atom. The summed E-state index contributed by atoms with van der Waals surface area (Å²) in [6.07, 6.45) is 4.40. The highest BCUT2D eigenvalue weighted by atomic mass is 16.5. The molecule has 0 atom stereocenters. The molecule has 25 heavy (non-hydrogen) atoms. The van der Waals surface area contributed by atoms with Gasteiger partial charge in [-0.05, 0) is 37.1 Å². The van der Waals surface area contributed by atoms with Crippen molar-refractivity contribution in [2.24, 2.45) is 0 Å². The van der Waals surface area contributed by atoms with Crippen LogP contribution >= 0.6 is 0 Å². The number of nitrogens with zero attached hydrogens (tertiary/aromatic N) is 2. The fraction of sp³-hybridized carbons (Fsp3) is 0.200. The number of hydrogen-bond acceptors (Lipinski definition) is 3. The number of aryl methyl sites for hydroxylation is 2. The third-order valence-corrected chi connectivity index (χ3v) is 3.77. The average molecular weight is 335 g/mol. The predicted octanol–water partition coefficient (Wildman–Crippen LogP) is 3.78. The molecule has 3 aromatic rings. The molecule has 1 amide bonds. The van der Waals surface area contributed by atoms with Crippen LogP contribution in [0.3, 0.4) is 0 Å². The molecule has 5 nitrogen and oxygen atoms in total. The normalized spacial score (nSPS) is 10.4. The highest BCUT2D eigenvalue weighted by Gasteiger charge is 2.09. The van der Waals surface area contributed by atoms with Crippen molar-refractivity contribution in [1.82, 2.24) is 9.78 Å². The summed E-state index contributed by atoms with van der Waals surface area (Å²) < 4.78 is 7.26. The van der Waals surface area contributed by atoms with Crippen LogP contribution in [-0.4, -0.2) is 22.3 Å². The molecule has 3 rings (SSSR count). The van der Waals surface area contributed by atoms with E-state index in [1.54, 1.807) is 18.3 Å². The molecule has 0 unspecified atom stereocenters. The van der Waals surface area contributed by atoms with Crippen LogP contribution in [0.5, 0.6) is 5.75 Å². The predicted molar refractivity (Wildman–Crippen MR) is 97.9 cm³/mol. The van der Waals surface area contributed by atoms with Crippen LogP contribution < -0.4 is 10.1 Å². The maximum absolute atomic E-state index is 12.4. The third-order valence-electron chi connectivity index (χ3n) is 3.77. The zero-order valence-corrected chi connectivity index (χ0v) is 14.2. The van der Waals surface area contributed by atoms with Crippen molar-refractivity contribution in [2.45, 2.75) is 19.9 Å². The van der Waals surface area contributed by atoms with Crippen molar-refractivity contribution in [3.63, 3.8) is 0 Å². The Morgan fingerprint density at radius 1 is 1.16 bits per heavy atom. The zero-order chi connectivity index (χ0) is 17.5. The summed E-state index contributed by atoms with van der Waals surface area (Å²) in [6, 6.07) is 17.4. The number of carbonyl (C=O) groups is 1. The van der Waals surface area contributed by atoms with Crippen LogP contribution in [0.15, 0.2) is 67.0 Å². The van der Waals surface area contributed by atoms with E-state index in [4.69, 9.17) is 4.74 Å². The van der Waals surface area contributed by atoms with E-state index in [1.165, 1.54) is 5.56 Å². The number of amides is 1. The number of ether oxygens (including phenoxy) is 1. The standard InChI is InChI=1S/C20H21N3O2/c1-2-25-19-10-6-9-17(13-19)20(24)22-18-14-21-23(15-18)12-11-16-7-4-3-5-8-16/h3-10,13-15H,2,11-12H2,1H3,(H,22,24). The van der Waals surface area contributed by atoms with E-state index < -0.39 is 0 Å². The minimum absolute atomic E-state index is 0.177. The van der Waals surface area contributed by atoms with Crippen LogP contribution in [0.25, 0.3) is 0 Å². The van der Waals surface area contributed by atoms with E-state index in [-0.39, 0.29) is 5.91 Å². The first kappa shape index (κ1) is 16.8. The lowest BCUT2D eigenvalue weighted by atomic mass is 10.1. The summed E-state index contributed by atoms with van der Waals surface area (Å²) in [5, 5.41) is 7.17. The molecular weight excluding hydrogens is 314 g/mol. The maximum Gasteiger partial charge on any atom is 0.255 e. The van der Waals surface area contributed by atoms with Crippen molar-refractivity contribution in [3.05, 3.63) is 78.1 Å². The van der Waals surface area contributed by atoms with Gasteiger partial charge in [0.25, 0.3) is 5.91 Å². The smallest absolute Gasteiger partial charge is 0.255 e. The Balaban J connectivity index is 1.59.